The van der Waals surface area contributed by atoms with E-state index in [2.05, 4.69) is 5.32 Å². The van der Waals surface area contributed by atoms with Gasteiger partial charge < -0.3 is 24.3 Å². The molecule has 116 valence electrons. The predicted octanol–water partition coefficient (Wildman–Crippen LogP) is 0.935. The molecule has 2 N–H and O–H groups in total. The Morgan fingerprint density at radius 1 is 1.38 bits per heavy atom. The van der Waals surface area contributed by atoms with Gasteiger partial charge >= 0.3 is 5.97 Å². The lowest BCUT2D eigenvalue weighted by molar-refractivity contribution is -0.151. The summed E-state index contributed by atoms with van der Waals surface area (Å²) < 4.78 is 15.7. The van der Waals surface area contributed by atoms with Crippen molar-refractivity contribution in [2.75, 3.05) is 13.2 Å². The Bertz CT molecular complexity index is 458. The molecule has 1 aromatic rings. The standard InChI is InChI=1S/C14H19NO6/c16-13(11-4-5-12(21-11)14(17)18)15-6-2-7-19-9-10-3-1-8-20-10/h1,3,8,11-12H,2,4-7,9H2,(H,15,16)(H,17,18). The molecule has 1 aliphatic heterocycles. The largest absolute Gasteiger partial charge is 0.479 e. The van der Waals surface area contributed by atoms with Crippen LogP contribution in [0.2, 0.25) is 0 Å². The van der Waals surface area contributed by atoms with Crippen LogP contribution in [0.4, 0.5) is 0 Å². The number of carboxylic acids is 1. The molecule has 0 saturated carbocycles. The lowest BCUT2D eigenvalue weighted by atomic mass is 10.2. The van der Waals surface area contributed by atoms with Crippen LogP contribution in [0.25, 0.3) is 0 Å². The van der Waals surface area contributed by atoms with Gasteiger partial charge in [-0.25, -0.2) is 4.79 Å². The zero-order chi connectivity index (χ0) is 15.1. The summed E-state index contributed by atoms with van der Waals surface area (Å²) in [6.07, 6.45) is 1.55. The van der Waals surface area contributed by atoms with Gasteiger partial charge in [0.05, 0.1) is 6.26 Å². The van der Waals surface area contributed by atoms with Gasteiger partial charge in [0.1, 0.15) is 18.5 Å². The molecular formula is C14H19NO6. The minimum absolute atomic E-state index is 0.259. The second-order valence-electron chi connectivity index (χ2n) is 4.81. The van der Waals surface area contributed by atoms with Crippen LogP contribution in [0.5, 0.6) is 0 Å². The molecule has 2 unspecified atom stereocenters. The smallest absolute Gasteiger partial charge is 0.332 e. The number of hydrogen-bond acceptors (Lipinski definition) is 5. The average molecular weight is 297 g/mol. The zero-order valence-corrected chi connectivity index (χ0v) is 11.6. The van der Waals surface area contributed by atoms with Crippen LogP contribution < -0.4 is 5.32 Å². The number of amides is 1. The highest BCUT2D eigenvalue weighted by atomic mass is 16.5. The number of carbonyl (C=O) groups excluding carboxylic acids is 1. The quantitative estimate of drug-likeness (QED) is 0.693. The van der Waals surface area contributed by atoms with Crippen LogP contribution in [0, 0.1) is 0 Å². The van der Waals surface area contributed by atoms with E-state index in [0.29, 0.717) is 39.0 Å². The minimum atomic E-state index is -1.02. The lowest BCUT2D eigenvalue weighted by Gasteiger charge is -2.11. The molecule has 1 amide bonds. The Hall–Kier alpha value is -1.86. The molecule has 1 aliphatic rings. The van der Waals surface area contributed by atoms with Gasteiger partial charge in [-0.15, -0.1) is 0 Å². The average Bonchev–Trinajstić information content (AvgIpc) is 3.13. The third kappa shape index (κ3) is 4.87. The fraction of sp³-hybridized carbons (Fsp3) is 0.571. The number of furan rings is 1. The van der Waals surface area contributed by atoms with Crippen LogP contribution in [0.1, 0.15) is 25.0 Å². The number of nitrogens with one attached hydrogen (secondary N) is 1. The number of carboxylic acid groups (broad SMARTS) is 1. The SMILES string of the molecule is O=C(O)C1CCC(C(=O)NCCCOCc2ccco2)O1. The summed E-state index contributed by atoms with van der Waals surface area (Å²) in [5.41, 5.74) is 0. The molecule has 0 radical (unpaired) electrons. The van der Waals surface area contributed by atoms with E-state index in [1.54, 1.807) is 12.3 Å². The first kappa shape index (κ1) is 15.5. The van der Waals surface area contributed by atoms with E-state index in [1.165, 1.54) is 0 Å². The van der Waals surface area contributed by atoms with Gasteiger partial charge in [-0.1, -0.05) is 0 Å². The van der Waals surface area contributed by atoms with Crippen molar-refractivity contribution >= 4 is 11.9 Å². The molecule has 1 aromatic heterocycles. The third-order valence-corrected chi connectivity index (χ3v) is 3.18. The minimum Gasteiger partial charge on any atom is -0.479 e. The van der Waals surface area contributed by atoms with Crippen molar-refractivity contribution in [1.29, 1.82) is 0 Å². The fourth-order valence-corrected chi connectivity index (χ4v) is 2.08. The van der Waals surface area contributed by atoms with Crippen LogP contribution in [-0.2, 0) is 25.7 Å². The fourth-order valence-electron chi connectivity index (χ4n) is 2.08. The van der Waals surface area contributed by atoms with Crippen molar-refractivity contribution < 1.29 is 28.6 Å². The van der Waals surface area contributed by atoms with Crippen molar-refractivity contribution in [3.63, 3.8) is 0 Å². The molecule has 7 nitrogen and oxygen atoms in total. The van der Waals surface area contributed by atoms with E-state index in [9.17, 15) is 9.59 Å². The number of carbonyl (C=O) groups is 2. The van der Waals surface area contributed by atoms with Gasteiger partial charge in [0.25, 0.3) is 0 Å². The number of ether oxygens (including phenoxy) is 2. The maximum Gasteiger partial charge on any atom is 0.332 e. The summed E-state index contributed by atoms with van der Waals surface area (Å²) in [4.78, 5) is 22.5. The molecule has 0 spiro atoms. The summed E-state index contributed by atoms with van der Waals surface area (Å²) in [5.74, 6) is -0.514. The van der Waals surface area contributed by atoms with Gasteiger partial charge in [0, 0.05) is 13.2 Å². The van der Waals surface area contributed by atoms with E-state index in [-0.39, 0.29) is 5.91 Å². The van der Waals surface area contributed by atoms with E-state index in [1.807, 2.05) is 6.07 Å². The zero-order valence-electron chi connectivity index (χ0n) is 11.6. The van der Waals surface area contributed by atoms with Crippen molar-refractivity contribution in [1.82, 2.24) is 5.32 Å². The second kappa shape index (κ2) is 7.80. The highest BCUT2D eigenvalue weighted by Gasteiger charge is 2.34. The number of hydrogen-bond donors (Lipinski definition) is 2. The van der Waals surface area contributed by atoms with Crippen molar-refractivity contribution in [3.05, 3.63) is 24.2 Å². The Morgan fingerprint density at radius 2 is 2.19 bits per heavy atom. The molecule has 2 rings (SSSR count). The van der Waals surface area contributed by atoms with Crippen molar-refractivity contribution in [3.8, 4) is 0 Å². The first-order chi connectivity index (χ1) is 10.2. The van der Waals surface area contributed by atoms with Crippen molar-refractivity contribution in [2.45, 2.75) is 38.1 Å². The summed E-state index contributed by atoms with van der Waals surface area (Å²) in [7, 11) is 0. The normalized spacial score (nSPS) is 21.3. The Labute approximate surface area is 122 Å². The molecule has 2 heterocycles. The molecule has 7 heteroatoms. The monoisotopic (exact) mass is 297 g/mol. The Morgan fingerprint density at radius 3 is 2.86 bits per heavy atom. The van der Waals surface area contributed by atoms with E-state index in [4.69, 9.17) is 19.0 Å². The van der Waals surface area contributed by atoms with Crippen LogP contribution in [0.15, 0.2) is 22.8 Å². The highest BCUT2D eigenvalue weighted by Crippen LogP contribution is 2.19. The summed E-state index contributed by atoms with van der Waals surface area (Å²) in [5, 5.41) is 11.5. The molecule has 0 aliphatic carbocycles. The maximum atomic E-state index is 11.7. The van der Waals surface area contributed by atoms with Gasteiger partial charge in [0.15, 0.2) is 6.10 Å². The Balaban J connectivity index is 1.52. The molecule has 2 atom stereocenters. The summed E-state index contributed by atoms with van der Waals surface area (Å²) >= 11 is 0. The first-order valence-corrected chi connectivity index (χ1v) is 6.93. The Kier molecular flexibility index (Phi) is 5.77. The topological polar surface area (TPSA) is 98.0 Å². The van der Waals surface area contributed by atoms with E-state index >= 15 is 0 Å². The molecular weight excluding hydrogens is 278 g/mol. The van der Waals surface area contributed by atoms with Gasteiger partial charge in [-0.2, -0.15) is 0 Å². The molecule has 1 saturated heterocycles. The first-order valence-electron chi connectivity index (χ1n) is 6.93. The second-order valence-corrected chi connectivity index (χ2v) is 4.81. The van der Waals surface area contributed by atoms with Crippen LogP contribution in [0.3, 0.4) is 0 Å². The van der Waals surface area contributed by atoms with Crippen LogP contribution in [-0.4, -0.2) is 42.3 Å². The predicted molar refractivity (Wildman–Crippen MR) is 71.5 cm³/mol. The molecule has 0 bridgehead atoms. The van der Waals surface area contributed by atoms with Gasteiger partial charge in [0.2, 0.25) is 5.91 Å². The highest BCUT2D eigenvalue weighted by molar-refractivity contribution is 5.82. The van der Waals surface area contributed by atoms with Crippen LogP contribution >= 0.6 is 0 Å². The lowest BCUT2D eigenvalue weighted by Crippen LogP contribution is -2.36. The van der Waals surface area contributed by atoms with Gasteiger partial charge in [-0.3, -0.25) is 4.79 Å². The number of aliphatic carboxylic acids is 1. The molecule has 0 aromatic carbocycles. The maximum absolute atomic E-state index is 11.7. The summed E-state index contributed by atoms with van der Waals surface area (Å²) in [6, 6.07) is 3.63. The van der Waals surface area contributed by atoms with E-state index < -0.39 is 18.2 Å². The number of rotatable bonds is 8. The molecule has 21 heavy (non-hydrogen) atoms. The molecule has 1 fully saturated rings. The third-order valence-electron chi connectivity index (χ3n) is 3.18. The summed E-state index contributed by atoms with van der Waals surface area (Å²) in [6.45, 7) is 1.38. The van der Waals surface area contributed by atoms with Crippen molar-refractivity contribution in [2.24, 2.45) is 0 Å². The van der Waals surface area contributed by atoms with Gasteiger partial charge in [-0.05, 0) is 31.4 Å². The van der Waals surface area contributed by atoms with E-state index in [0.717, 1.165) is 5.76 Å².